The molecule has 0 aliphatic carbocycles. The molecule has 0 unspecified atom stereocenters. The van der Waals surface area contributed by atoms with E-state index in [1.165, 1.54) is 0 Å². The molecule has 1 aliphatic rings. The van der Waals surface area contributed by atoms with E-state index < -0.39 is 17.6 Å². The third kappa shape index (κ3) is 3.62. The number of ether oxygens (including phenoxy) is 1. The molecule has 0 aromatic heterocycles. The van der Waals surface area contributed by atoms with Gasteiger partial charge in [-0.25, -0.2) is 4.90 Å². The van der Waals surface area contributed by atoms with E-state index in [1.807, 2.05) is 49.4 Å². The first-order chi connectivity index (χ1) is 14.0. The van der Waals surface area contributed by atoms with E-state index in [0.29, 0.717) is 23.6 Å². The maximum absolute atomic E-state index is 12.9. The summed E-state index contributed by atoms with van der Waals surface area (Å²) in [6, 6.07) is 23.5. The average molecular weight is 385 g/mol. The summed E-state index contributed by atoms with van der Waals surface area (Å²) in [5.74, 6) is -1.20. The number of imide groups is 1. The highest BCUT2D eigenvalue weighted by Gasteiger charge is 2.40. The quantitative estimate of drug-likeness (QED) is 0.661. The molecule has 3 aromatic rings. The number of nitrogens with zero attached hydrogens (tertiary/aromatic N) is 1. The lowest BCUT2D eigenvalue weighted by Crippen LogP contribution is -2.31. The Balaban J connectivity index is 1.52. The summed E-state index contributed by atoms with van der Waals surface area (Å²) in [5, 5.41) is 10.3. The van der Waals surface area contributed by atoms with Gasteiger partial charge in [-0.05, 0) is 42.3 Å². The third-order valence-electron chi connectivity index (χ3n) is 4.74. The highest BCUT2D eigenvalue weighted by atomic mass is 16.5. The Kier molecular flexibility index (Phi) is 4.87. The fraction of sp³-hybridized carbons (Fsp3) is 0.0833. The molecule has 5 nitrogen and oxygen atoms in total. The smallest absolute Gasteiger partial charge is 0.301 e. The van der Waals surface area contributed by atoms with Crippen LogP contribution in [0.25, 0.3) is 5.57 Å². The van der Waals surface area contributed by atoms with Crippen molar-refractivity contribution in [2.75, 3.05) is 4.90 Å². The number of aryl methyl sites for hydroxylation is 1. The standard InChI is InChI=1S/C24H19NO4/c1-16-7-9-18(10-8-16)21-22(26)24(28)25(23(21)27)19-11-13-20(14-12-19)29-15-17-5-3-2-4-6-17/h2-14,26H,15H2,1H3. The molecule has 29 heavy (non-hydrogen) atoms. The van der Waals surface area contributed by atoms with Crippen molar-refractivity contribution in [3.63, 3.8) is 0 Å². The van der Waals surface area contributed by atoms with Crippen LogP contribution < -0.4 is 9.64 Å². The zero-order valence-corrected chi connectivity index (χ0v) is 15.8. The number of carbonyl (C=O) groups is 2. The molecule has 144 valence electrons. The highest BCUT2D eigenvalue weighted by molar-refractivity contribution is 6.44. The Hall–Kier alpha value is -3.86. The molecule has 0 atom stereocenters. The zero-order valence-electron chi connectivity index (χ0n) is 15.8. The fourth-order valence-electron chi connectivity index (χ4n) is 3.17. The molecule has 0 saturated heterocycles. The maximum atomic E-state index is 12.9. The molecule has 3 aromatic carbocycles. The predicted octanol–water partition coefficient (Wildman–Crippen LogP) is 4.42. The van der Waals surface area contributed by atoms with E-state index >= 15 is 0 Å². The lowest BCUT2D eigenvalue weighted by Gasteiger charge is -2.15. The van der Waals surface area contributed by atoms with Crippen molar-refractivity contribution in [2.45, 2.75) is 13.5 Å². The van der Waals surface area contributed by atoms with E-state index in [9.17, 15) is 14.7 Å². The number of hydrogen-bond donors (Lipinski definition) is 1. The van der Waals surface area contributed by atoms with Crippen LogP contribution in [0.3, 0.4) is 0 Å². The minimum Gasteiger partial charge on any atom is -0.502 e. The summed E-state index contributed by atoms with van der Waals surface area (Å²) in [6.45, 7) is 2.34. The topological polar surface area (TPSA) is 66.8 Å². The normalized spacial score (nSPS) is 13.9. The van der Waals surface area contributed by atoms with Gasteiger partial charge >= 0.3 is 5.91 Å². The average Bonchev–Trinajstić information content (AvgIpc) is 2.97. The molecule has 0 saturated carbocycles. The van der Waals surface area contributed by atoms with Gasteiger partial charge in [0, 0.05) is 0 Å². The van der Waals surface area contributed by atoms with Gasteiger partial charge < -0.3 is 9.84 Å². The minimum atomic E-state index is -0.733. The number of aliphatic hydroxyl groups is 1. The van der Waals surface area contributed by atoms with Crippen LogP contribution in [0.1, 0.15) is 16.7 Å². The van der Waals surface area contributed by atoms with E-state index in [-0.39, 0.29) is 5.57 Å². The Morgan fingerprint density at radius 1 is 0.828 bits per heavy atom. The molecule has 0 fully saturated rings. The van der Waals surface area contributed by atoms with Crippen molar-refractivity contribution in [1.29, 1.82) is 0 Å². The van der Waals surface area contributed by atoms with Crippen LogP contribution in [0, 0.1) is 6.92 Å². The van der Waals surface area contributed by atoms with Crippen LogP contribution >= 0.6 is 0 Å². The number of amides is 2. The van der Waals surface area contributed by atoms with Crippen LogP contribution in [-0.4, -0.2) is 16.9 Å². The van der Waals surface area contributed by atoms with Crippen molar-refractivity contribution in [3.05, 3.63) is 101 Å². The summed E-state index contributed by atoms with van der Waals surface area (Å²) < 4.78 is 5.74. The molecule has 0 radical (unpaired) electrons. The summed E-state index contributed by atoms with van der Waals surface area (Å²) >= 11 is 0. The second kappa shape index (κ2) is 7.64. The molecule has 0 bridgehead atoms. The zero-order chi connectivity index (χ0) is 20.4. The van der Waals surface area contributed by atoms with Crippen molar-refractivity contribution < 1.29 is 19.4 Å². The Morgan fingerprint density at radius 2 is 1.48 bits per heavy atom. The molecule has 1 aliphatic heterocycles. The van der Waals surface area contributed by atoms with E-state index in [2.05, 4.69) is 0 Å². The molecular weight excluding hydrogens is 366 g/mol. The van der Waals surface area contributed by atoms with Crippen LogP contribution in [0.2, 0.25) is 0 Å². The molecule has 0 spiro atoms. The molecule has 5 heteroatoms. The number of rotatable bonds is 5. The number of carbonyl (C=O) groups excluding carboxylic acids is 2. The van der Waals surface area contributed by atoms with Gasteiger partial charge in [-0.1, -0.05) is 60.2 Å². The number of aliphatic hydroxyl groups excluding tert-OH is 1. The van der Waals surface area contributed by atoms with Gasteiger partial charge in [0.15, 0.2) is 5.76 Å². The van der Waals surface area contributed by atoms with Gasteiger partial charge in [-0.2, -0.15) is 0 Å². The molecule has 1 heterocycles. The van der Waals surface area contributed by atoms with Crippen molar-refractivity contribution in [1.82, 2.24) is 0 Å². The SMILES string of the molecule is Cc1ccc(C2=C(O)C(=O)N(c3ccc(OCc4ccccc4)cc3)C2=O)cc1. The van der Waals surface area contributed by atoms with Gasteiger partial charge in [0.1, 0.15) is 12.4 Å². The van der Waals surface area contributed by atoms with E-state index in [0.717, 1.165) is 16.0 Å². The van der Waals surface area contributed by atoms with Crippen molar-refractivity contribution >= 4 is 23.1 Å². The van der Waals surface area contributed by atoms with Crippen LogP contribution in [0.15, 0.2) is 84.6 Å². The monoisotopic (exact) mass is 385 g/mol. The Morgan fingerprint density at radius 3 is 2.14 bits per heavy atom. The second-order valence-corrected chi connectivity index (χ2v) is 6.80. The van der Waals surface area contributed by atoms with Gasteiger partial charge in [-0.15, -0.1) is 0 Å². The number of anilines is 1. The second-order valence-electron chi connectivity index (χ2n) is 6.80. The molecule has 1 N–H and O–H groups in total. The first kappa shape index (κ1) is 18.5. The molecule has 4 rings (SSSR count). The Bertz CT molecular complexity index is 1080. The summed E-state index contributed by atoms with van der Waals surface area (Å²) in [6.07, 6.45) is 0. The van der Waals surface area contributed by atoms with E-state index in [1.54, 1.807) is 36.4 Å². The molecule has 2 amide bonds. The maximum Gasteiger partial charge on any atom is 0.301 e. The van der Waals surface area contributed by atoms with Crippen molar-refractivity contribution in [3.8, 4) is 5.75 Å². The summed E-state index contributed by atoms with van der Waals surface area (Å²) in [4.78, 5) is 26.4. The minimum absolute atomic E-state index is 0.0133. The largest absolute Gasteiger partial charge is 0.502 e. The molecular formula is C24H19NO4. The van der Waals surface area contributed by atoms with Crippen molar-refractivity contribution in [2.24, 2.45) is 0 Å². The van der Waals surface area contributed by atoms with Gasteiger partial charge in [0.2, 0.25) is 0 Å². The predicted molar refractivity (Wildman–Crippen MR) is 110 cm³/mol. The third-order valence-corrected chi connectivity index (χ3v) is 4.74. The van der Waals surface area contributed by atoms with Crippen LogP contribution in [0.5, 0.6) is 5.75 Å². The number of benzene rings is 3. The summed E-state index contributed by atoms with van der Waals surface area (Å²) in [7, 11) is 0. The summed E-state index contributed by atoms with van der Waals surface area (Å²) in [5.41, 5.74) is 2.96. The lowest BCUT2D eigenvalue weighted by atomic mass is 10.0. The van der Waals surface area contributed by atoms with Crippen LogP contribution in [-0.2, 0) is 16.2 Å². The highest BCUT2D eigenvalue weighted by Crippen LogP contribution is 2.32. The van der Waals surface area contributed by atoms with Crippen LogP contribution in [0.4, 0.5) is 5.69 Å². The first-order valence-electron chi connectivity index (χ1n) is 9.20. The lowest BCUT2D eigenvalue weighted by molar-refractivity contribution is -0.121. The fourth-order valence-corrected chi connectivity index (χ4v) is 3.17. The number of hydrogen-bond acceptors (Lipinski definition) is 4. The Labute approximate surface area is 168 Å². The first-order valence-corrected chi connectivity index (χ1v) is 9.20. The van der Waals surface area contributed by atoms with Gasteiger partial charge in [0.25, 0.3) is 5.91 Å². The van der Waals surface area contributed by atoms with Gasteiger partial charge in [-0.3, -0.25) is 9.59 Å². The van der Waals surface area contributed by atoms with E-state index in [4.69, 9.17) is 4.74 Å². The van der Waals surface area contributed by atoms with Gasteiger partial charge in [0.05, 0.1) is 11.3 Å².